The number of carbonyl (C=O) groups excluding carboxylic acids is 1. The van der Waals surface area contributed by atoms with E-state index in [1.807, 2.05) is 37.2 Å². The van der Waals surface area contributed by atoms with Crippen molar-refractivity contribution in [3.8, 4) is 5.75 Å². The maximum absolute atomic E-state index is 12.0. The Bertz CT molecular complexity index is 557. The number of methoxy groups -OCH3 is 1. The predicted molar refractivity (Wildman–Crippen MR) is 70.3 cm³/mol. The minimum Gasteiger partial charge on any atom is -0.493 e. The average molecular weight is 247 g/mol. The van der Waals surface area contributed by atoms with Crippen LogP contribution in [0.3, 0.4) is 0 Å². The molecule has 1 aromatic heterocycles. The van der Waals surface area contributed by atoms with Gasteiger partial charge in [0.05, 0.1) is 7.11 Å². The van der Waals surface area contributed by atoms with Crippen molar-refractivity contribution >= 4 is 16.8 Å². The molecule has 1 heterocycles. The molecule has 96 valence electrons. The van der Waals surface area contributed by atoms with Crippen LogP contribution < -0.4 is 4.74 Å². The summed E-state index contributed by atoms with van der Waals surface area (Å²) in [5, 5.41) is 0.891. The SMILES string of the molecule is COc1cccc2cc(C(=O)CCN(C)C)oc12. The van der Waals surface area contributed by atoms with Crippen LogP contribution in [0.25, 0.3) is 11.0 Å². The van der Waals surface area contributed by atoms with Crippen molar-refractivity contribution in [1.82, 2.24) is 4.90 Å². The summed E-state index contributed by atoms with van der Waals surface area (Å²) in [6.07, 6.45) is 0.454. The molecule has 0 atom stereocenters. The van der Waals surface area contributed by atoms with Gasteiger partial charge in [0.1, 0.15) is 0 Å². The maximum Gasteiger partial charge on any atom is 0.199 e. The molecule has 0 aliphatic heterocycles. The lowest BCUT2D eigenvalue weighted by atomic mass is 10.2. The predicted octanol–water partition coefficient (Wildman–Crippen LogP) is 2.58. The van der Waals surface area contributed by atoms with Gasteiger partial charge in [0.25, 0.3) is 0 Å². The molecule has 0 spiro atoms. The fourth-order valence-corrected chi connectivity index (χ4v) is 1.78. The normalized spacial score (nSPS) is 11.1. The zero-order valence-electron chi connectivity index (χ0n) is 10.9. The highest BCUT2D eigenvalue weighted by molar-refractivity contribution is 5.98. The van der Waals surface area contributed by atoms with Gasteiger partial charge in [0.2, 0.25) is 0 Å². The molecule has 0 aliphatic carbocycles. The van der Waals surface area contributed by atoms with Crippen LogP contribution in [0.2, 0.25) is 0 Å². The molecule has 0 unspecified atom stereocenters. The van der Waals surface area contributed by atoms with Crippen molar-refractivity contribution < 1.29 is 13.9 Å². The minimum atomic E-state index is 0.0157. The van der Waals surface area contributed by atoms with Gasteiger partial charge in [-0.05, 0) is 26.2 Å². The molecular weight excluding hydrogens is 230 g/mol. The molecular formula is C14H17NO3. The largest absolute Gasteiger partial charge is 0.493 e. The topological polar surface area (TPSA) is 42.7 Å². The number of hydrogen-bond acceptors (Lipinski definition) is 4. The van der Waals surface area contributed by atoms with Gasteiger partial charge in [-0.15, -0.1) is 0 Å². The van der Waals surface area contributed by atoms with Crippen LogP contribution in [-0.2, 0) is 0 Å². The summed E-state index contributed by atoms with van der Waals surface area (Å²) in [5.41, 5.74) is 0.633. The van der Waals surface area contributed by atoms with Gasteiger partial charge in [-0.2, -0.15) is 0 Å². The van der Waals surface area contributed by atoms with Crippen molar-refractivity contribution in [2.75, 3.05) is 27.7 Å². The number of fused-ring (bicyclic) bond motifs is 1. The zero-order chi connectivity index (χ0) is 13.1. The Morgan fingerprint density at radius 3 is 2.83 bits per heavy atom. The van der Waals surface area contributed by atoms with Crippen molar-refractivity contribution in [2.24, 2.45) is 0 Å². The van der Waals surface area contributed by atoms with Crippen LogP contribution in [0.4, 0.5) is 0 Å². The molecule has 4 heteroatoms. The fourth-order valence-electron chi connectivity index (χ4n) is 1.78. The van der Waals surface area contributed by atoms with Crippen molar-refractivity contribution in [2.45, 2.75) is 6.42 Å². The standard InChI is InChI=1S/C14H17NO3/c1-15(2)8-7-11(16)13-9-10-5-4-6-12(17-3)14(10)18-13/h4-6,9H,7-8H2,1-3H3. The number of ketones is 1. The summed E-state index contributed by atoms with van der Waals surface area (Å²) in [6.45, 7) is 0.715. The van der Waals surface area contributed by atoms with Crippen LogP contribution in [0, 0.1) is 0 Å². The van der Waals surface area contributed by atoms with Crippen molar-refractivity contribution in [3.63, 3.8) is 0 Å². The third kappa shape index (κ3) is 2.54. The molecule has 0 radical (unpaired) electrons. The number of benzene rings is 1. The number of nitrogens with zero attached hydrogens (tertiary/aromatic N) is 1. The van der Waals surface area contributed by atoms with E-state index in [1.54, 1.807) is 13.2 Å². The smallest absolute Gasteiger partial charge is 0.199 e. The molecule has 0 aliphatic rings. The number of Topliss-reactive ketones (excluding diaryl/α,β-unsaturated/α-hetero) is 1. The van der Waals surface area contributed by atoms with E-state index in [1.165, 1.54) is 0 Å². The zero-order valence-corrected chi connectivity index (χ0v) is 10.9. The summed E-state index contributed by atoms with van der Waals surface area (Å²) >= 11 is 0. The molecule has 0 amide bonds. The first kappa shape index (κ1) is 12.6. The maximum atomic E-state index is 12.0. The second kappa shape index (κ2) is 5.23. The Hall–Kier alpha value is -1.81. The van der Waals surface area contributed by atoms with Crippen LogP contribution in [-0.4, -0.2) is 38.4 Å². The molecule has 2 rings (SSSR count). The molecule has 1 aromatic carbocycles. The number of hydrogen-bond donors (Lipinski definition) is 0. The van der Waals surface area contributed by atoms with Crippen molar-refractivity contribution in [3.05, 3.63) is 30.0 Å². The van der Waals surface area contributed by atoms with Gasteiger partial charge in [-0.3, -0.25) is 4.79 Å². The summed E-state index contributed by atoms with van der Waals surface area (Å²) in [7, 11) is 5.47. The Morgan fingerprint density at radius 2 is 2.17 bits per heavy atom. The van der Waals surface area contributed by atoms with E-state index in [-0.39, 0.29) is 5.78 Å². The summed E-state index contributed by atoms with van der Waals surface area (Å²) in [6, 6.07) is 7.38. The van der Waals surface area contributed by atoms with Gasteiger partial charge >= 0.3 is 0 Å². The quantitative estimate of drug-likeness (QED) is 0.762. The molecule has 0 N–H and O–H groups in total. The second-order valence-electron chi connectivity index (χ2n) is 4.47. The molecule has 0 saturated heterocycles. The minimum absolute atomic E-state index is 0.0157. The molecule has 2 aromatic rings. The number of rotatable bonds is 5. The number of para-hydroxylation sites is 1. The first-order chi connectivity index (χ1) is 8.61. The van der Waals surface area contributed by atoms with E-state index in [0.29, 0.717) is 30.1 Å². The van der Waals surface area contributed by atoms with E-state index in [2.05, 4.69) is 0 Å². The molecule has 18 heavy (non-hydrogen) atoms. The van der Waals surface area contributed by atoms with Crippen LogP contribution in [0.15, 0.2) is 28.7 Å². The van der Waals surface area contributed by atoms with Crippen LogP contribution in [0.5, 0.6) is 5.75 Å². The van der Waals surface area contributed by atoms with E-state index in [9.17, 15) is 4.79 Å². The summed E-state index contributed by atoms with van der Waals surface area (Å²) in [5.74, 6) is 1.07. The van der Waals surface area contributed by atoms with Gasteiger partial charge in [-0.1, -0.05) is 12.1 Å². The number of carbonyl (C=O) groups is 1. The molecule has 0 bridgehead atoms. The Balaban J connectivity index is 2.27. The second-order valence-corrected chi connectivity index (χ2v) is 4.47. The Labute approximate surface area is 106 Å². The van der Waals surface area contributed by atoms with Gasteiger partial charge in [0.15, 0.2) is 22.9 Å². The lowest BCUT2D eigenvalue weighted by molar-refractivity contribution is 0.0947. The average Bonchev–Trinajstić information content (AvgIpc) is 2.79. The third-order valence-corrected chi connectivity index (χ3v) is 2.79. The monoisotopic (exact) mass is 247 g/mol. The molecule has 4 nitrogen and oxygen atoms in total. The highest BCUT2D eigenvalue weighted by Crippen LogP contribution is 2.28. The summed E-state index contributed by atoms with van der Waals surface area (Å²) < 4.78 is 10.8. The van der Waals surface area contributed by atoms with Crippen LogP contribution in [0.1, 0.15) is 17.0 Å². The van der Waals surface area contributed by atoms with Gasteiger partial charge in [-0.25, -0.2) is 0 Å². The lowest BCUT2D eigenvalue weighted by Crippen LogP contribution is -2.16. The lowest BCUT2D eigenvalue weighted by Gasteiger charge is -2.06. The van der Waals surface area contributed by atoms with E-state index in [0.717, 1.165) is 5.39 Å². The third-order valence-electron chi connectivity index (χ3n) is 2.79. The Kier molecular flexibility index (Phi) is 3.67. The van der Waals surface area contributed by atoms with E-state index < -0.39 is 0 Å². The highest BCUT2D eigenvalue weighted by Gasteiger charge is 2.14. The van der Waals surface area contributed by atoms with Crippen LogP contribution >= 0.6 is 0 Å². The highest BCUT2D eigenvalue weighted by atomic mass is 16.5. The summed E-state index contributed by atoms with van der Waals surface area (Å²) in [4.78, 5) is 13.9. The van der Waals surface area contributed by atoms with Crippen molar-refractivity contribution in [1.29, 1.82) is 0 Å². The Morgan fingerprint density at radius 1 is 1.39 bits per heavy atom. The first-order valence-corrected chi connectivity index (χ1v) is 5.86. The molecule has 0 saturated carbocycles. The number of ether oxygens (including phenoxy) is 1. The number of furan rings is 1. The van der Waals surface area contributed by atoms with Gasteiger partial charge in [0, 0.05) is 18.4 Å². The van der Waals surface area contributed by atoms with Gasteiger partial charge < -0.3 is 14.1 Å². The first-order valence-electron chi connectivity index (χ1n) is 5.86. The van der Waals surface area contributed by atoms with E-state index in [4.69, 9.17) is 9.15 Å². The fraction of sp³-hybridized carbons (Fsp3) is 0.357. The van der Waals surface area contributed by atoms with E-state index >= 15 is 0 Å². The molecule has 0 fully saturated rings.